The van der Waals surface area contributed by atoms with E-state index in [0.717, 1.165) is 31.6 Å². The molecule has 0 aliphatic carbocycles. The number of carbonyl (C=O) groups excluding carboxylic acids is 1. The highest BCUT2D eigenvalue weighted by molar-refractivity contribution is 6.18. The Bertz CT molecular complexity index is 383. The highest BCUT2D eigenvalue weighted by Gasteiger charge is 2.25. The van der Waals surface area contributed by atoms with Crippen LogP contribution in [0.4, 0.5) is 0 Å². The second kappa shape index (κ2) is 6.64. The minimum Gasteiger partial charge on any atom is -0.484 e. The van der Waals surface area contributed by atoms with Crippen molar-refractivity contribution in [3.8, 4) is 5.75 Å². The number of carbonyl (C=O) groups is 1. The lowest BCUT2D eigenvalue weighted by molar-refractivity contribution is -0.136. The molecule has 1 fully saturated rings. The minimum absolute atomic E-state index is 0.0317. The first-order valence-corrected chi connectivity index (χ1v) is 6.88. The zero-order valence-corrected chi connectivity index (χ0v) is 11.1. The molecular formula is C14H18ClNO2. The quantitative estimate of drug-likeness (QED) is 0.785. The van der Waals surface area contributed by atoms with E-state index in [0.29, 0.717) is 5.88 Å². The number of amides is 1. The SMILES string of the molecule is O=C(COc1ccccc1)N1CCCCC1CCl. The Morgan fingerprint density at radius 3 is 2.83 bits per heavy atom. The summed E-state index contributed by atoms with van der Waals surface area (Å²) in [7, 11) is 0. The van der Waals surface area contributed by atoms with Gasteiger partial charge in [0.2, 0.25) is 0 Å². The Labute approximate surface area is 113 Å². The van der Waals surface area contributed by atoms with Gasteiger partial charge in [0.15, 0.2) is 6.61 Å². The highest BCUT2D eigenvalue weighted by atomic mass is 35.5. The molecule has 2 rings (SSSR count). The molecule has 0 aromatic heterocycles. The normalized spacial score (nSPS) is 19.6. The van der Waals surface area contributed by atoms with Crippen LogP contribution >= 0.6 is 11.6 Å². The average Bonchev–Trinajstić information content (AvgIpc) is 2.45. The van der Waals surface area contributed by atoms with Crippen molar-refractivity contribution in [1.29, 1.82) is 0 Å². The summed E-state index contributed by atoms with van der Waals surface area (Å²) in [6, 6.07) is 9.57. The smallest absolute Gasteiger partial charge is 0.260 e. The van der Waals surface area contributed by atoms with Crippen molar-refractivity contribution in [2.75, 3.05) is 19.0 Å². The maximum atomic E-state index is 12.1. The number of rotatable bonds is 4. The molecule has 0 saturated carbocycles. The van der Waals surface area contributed by atoms with Gasteiger partial charge in [-0.1, -0.05) is 18.2 Å². The van der Waals surface area contributed by atoms with Gasteiger partial charge in [0.1, 0.15) is 5.75 Å². The van der Waals surface area contributed by atoms with E-state index in [4.69, 9.17) is 16.3 Å². The van der Waals surface area contributed by atoms with E-state index in [1.807, 2.05) is 35.2 Å². The minimum atomic E-state index is 0.0317. The van der Waals surface area contributed by atoms with Crippen LogP contribution in [-0.4, -0.2) is 35.9 Å². The monoisotopic (exact) mass is 267 g/mol. The van der Waals surface area contributed by atoms with Crippen LogP contribution in [0.5, 0.6) is 5.75 Å². The van der Waals surface area contributed by atoms with Gasteiger partial charge in [0, 0.05) is 18.5 Å². The molecule has 1 amide bonds. The van der Waals surface area contributed by atoms with E-state index < -0.39 is 0 Å². The summed E-state index contributed by atoms with van der Waals surface area (Å²) in [4.78, 5) is 13.9. The molecule has 4 heteroatoms. The number of hydrogen-bond donors (Lipinski definition) is 0. The Balaban J connectivity index is 1.87. The lowest BCUT2D eigenvalue weighted by Gasteiger charge is -2.34. The Morgan fingerprint density at radius 1 is 1.33 bits per heavy atom. The number of hydrogen-bond acceptors (Lipinski definition) is 2. The Kier molecular flexibility index (Phi) is 4.88. The molecule has 1 heterocycles. The number of nitrogens with zero attached hydrogens (tertiary/aromatic N) is 1. The molecule has 1 aliphatic heterocycles. The molecule has 1 aliphatic rings. The summed E-state index contributed by atoms with van der Waals surface area (Å²) in [5.41, 5.74) is 0. The molecule has 1 aromatic carbocycles. The first kappa shape index (κ1) is 13.2. The van der Waals surface area contributed by atoms with Gasteiger partial charge in [-0.3, -0.25) is 4.79 Å². The summed E-state index contributed by atoms with van der Waals surface area (Å²) in [6.07, 6.45) is 3.21. The summed E-state index contributed by atoms with van der Waals surface area (Å²) < 4.78 is 5.48. The van der Waals surface area contributed by atoms with E-state index >= 15 is 0 Å². The molecule has 1 unspecified atom stereocenters. The van der Waals surface area contributed by atoms with E-state index in [9.17, 15) is 4.79 Å². The third kappa shape index (κ3) is 3.39. The van der Waals surface area contributed by atoms with Crippen molar-refractivity contribution in [2.24, 2.45) is 0 Å². The summed E-state index contributed by atoms with van der Waals surface area (Å²) in [5.74, 6) is 1.27. The number of para-hydroxylation sites is 1. The summed E-state index contributed by atoms with van der Waals surface area (Å²) >= 11 is 5.90. The molecule has 0 N–H and O–H groups in total. The maximum Gasteiger partial charge on any atom is 0.260 e. The van der Waals surface area contributed by atoms with Crippen LogP contribution in [0.3, 0.4) is 0 Å². The van der Waals surface area contributed by atoms with Gasteiger partial charge in [-0.15, -0.1) is 11.6 Å². The number of likely N-dealkylation sites (tertiary alicyclic amines) is 1. The van der Waals surface area contributed by atoms with Gasteiger partial charge in [0.25, 0.3) is 5.91 Å². The maximum absolute atomic E-state index is 12.1. The predicted octanol–water partition coefficient (Wildman–Crippen LogP) is 2.69. The second-order valence-corrected chi connectivity index (χ2v) is 4.80. The van der Waals surface area contributed by atoms with Crippen LogP contribution in [0.2, 0.25) is 0 Å². The second-order valence-electron chi connectivity index (χ2n) is 4.49. The van der Waals surface area contributed by atoms with Gasteiger partial charge >= 0.3 is 0 Å². The van der Waals surface area contributed by atoms with Crippen molar-refractivity contribution < 1.29 is 9.53 Å². The third-order valence-corrected chi connectivity index (χ3v) is 3.59. The van der Waals surface area contributed by atoms with Crippen molar-refractivity contribution in [3.63, 3.8) is 0 Å². The summed E-state index contributed by atoms with van der Waals surface area (Å²) in [6.45, 7) is 0.895. The molecule has 98 valence electrons. The largest absolute Gasteiger partial charge is 0.484 e. The zero-order valence-electron chi connectivity index (χ0n) is 10.3. The molecule has 1 saturated heterocycles. The molecule has 18 heavy (non-hydrogen) atoms. The predicted molar refractivity (Wildman–Crippen MR) is 72.0 cm³/mol. The van der Waals surface area contributed by atoms with E-state index in [1.54, 1.807) is 0 Å². The molecule has 0 bridgehead atoms. The van der Waals surface area contributed by atoms with Crippen LogP contribution in [0, 0.1) is 0 Å². The van der Waals surface area contributed by atoms with Crippen molar-refractivity contribution in [3.05, 3.63) is 30.3 Å². The van der Waals surface area contributed by atoms with Crippen LogP contribution in [0.25, 0.3) is 0 Å². The number of alkyl halides is 1. The van der Waals surface area contributed by atoms with E-state index in [1.165, 1.54) is 0 Å². The van der Waals surface area contributed by atoms with E-state index in [2.05, 4.69) is 0 Å². The lowest BCUT2D eigenvalue weighted by Crippen LogP contribution is -2.46. The number of halogens is 1. The van der Waals surface area contributed by atoms with Crippen LogP contribution in [-0.2, 0) is 4.79 Å². The van der Waals surface area contributed by atoms with Gasteiger partial charge in [-0.2, -0.15) is 0 Å². The topological polar surface area (TPSA) is 29.5 Å². The zero-order chi connectivity index (χ0) is 12.8. The Morgan fingerprint density at radius 2 is 2.11 bits per heavy atom. The van der Waals surface area contributed by atoms with Gasteiger partial charge < -0.3 is 9.64 Å². The molecular weight excluding hydrogens is 250 g/mol. The summed E-state index contributed by atoms with van der Waals surface area (Å²) in [5, 5.41) is 0. The number of piperidine rings is 1. The van der Waals surface area contributed by atoms with Gasteiger partial charge in [0.05, 0.1) is 0 Å². The first-order valence-electron chi connectivity index (χ1n) is 6.34. The number of benzene rings is 1. The average molecular weight is 268 g/mol. The lowest BCUT2D eigenvalue weighted by atomic mass is 10.0. The van der Waals surface area contributed by atoms with Crippen molar-refractivity contribution in [1.82, 2.24) is 4.90 Å². The standard InChI is InChI=1S/C14H18ClNO2/c15-10-12-6-4-5-9-16(12)14(17)11-18-13-7-2-1-3-8-13/h1-3,7-8,12H,4-6,9-11H2. The molecule has 0 spiro atoms. The van der Waals surface area contributed by atoms with Crippen LogP contribution < -0.4 is 4.74 Å². The van der Waals surface area contributed by atoms with Crippen LogP contribution in [0.1, 0.15) is 19.3 Å². The third-order valence-electron chi connectivity index (χ3n) is 3.23. The van der Waals surface area contributed by atoms with Gasteiger partial charge in [-0.25, -0.2) is 0 Å². The van der Waals surface area contributed by atoms with Gasteiger partial charge in [-0.05, 0) is 31.4 Å². The molecule has 3 nitrogen and oxygen atoms in total. The fourth-order valence-electron chi connectivity index (χ4n) is 2.23. The van der Waals surface area contributed by atoms with Crippen molar-refractivity contribution in [2.45, 2.75) is 25.3 Å². The Hall–Kier alpha value is -1.22. The molecule has 1 atom stereocenters. The number of ether oxygens (including phenoxy) is 1. The van der Waals surface area contributed by atoms with E-state index in [-0.39, 0.29) is 18.6 Å². The fourth-order valence-corrected chi connectivity index (χ4v) is 2.55. The van der Waals surface area contributed by atoms with Crippen LogP contribution in [0.15, 0.2) is 30.3 Å². The first-order chi connectivity index (χ1) is 8.81. The molecule has 0 radical (unpaired) electrons. The van der Waals surface area contributed by atoms with Crippen molar-refractivity contribution >= 4 is 17.5 Å². The highest BCUT2D eigenvalue weighted by Crippen LogP contribution is 2.18. The molecule has 1 aromatic rings. The fraction of sp³-hybridized carbons (Fsp3) is 0.500.